The van der Waals surface area contributed by atoms with Gasteiger partial charge in [0, 0.05) is 23.4 Å². The Morgan fingerprint density at radius 3 is 2.74 bits per heavy atom. The minimum absolute atomic E-state index is 0.183. The van der Waals surface area contributed by atoms with Crippen LogP contribution in [-0.4, -0.2) is 75.3 Å². The number of aromatic amines is 1. The molecule has 1 aromatic carbocycles. The van der Waals surface area contributed by atoms with Gasteiger partial charge in [0.1, 0.15) is 36.1 Å². The number of halogens is 3. The molecule has 0 bridgehead atoms. The highest BCUT2D eigenvalue weighted by molar-refractivity contribution is 6.09. The van der Waals surface area contributed by atoms with Crippen molar-refractivity contribution in [1.29, 1.82) is 0 Å². The predicted octanol–water partition coefficient (Wildman–Crippen LogP) is 3.32. The Bertz CT molecular complexity index is 1360. The average molecular weight is 532 g/mol. The highest BCUT2D eigenvalue weighted by Gasteiger charge is 2.33. The first kappa shape index (κ1) is 26.0. The SMILES string of the molecule is Cc1[nH]c2c(-c3cc(C(F)F)ccc3OCC3CC3)ncnc2c1C(=O)N[C@@H]1CCN(C(=O)CO)C[C@@H]1F. The summed E-state index contributed by atoms with van der Waals surface area (Å²) in [5.41, 5.74) is 1.76. The second-order valence-corrected chi connectivity index (χ2v) is 9.76. The van der Waals surface area contributed by atoms with Crippen LogP contribution < -0.4 is 10.1 Å². The summed E-state index contributed by atoms with van der Waals surface area (Å²) in [6.45, 7) is 1.41. The van der Waals surface area contributed by atoms with Gasteiger partial charge in [-0.15, -0.1) is 0 Å². The van der Waals surface area contributed by atoms with Crippen molar-refractivity contribution in [2.75, 3.05) is 26.3 Å². The molecule has 3 N–H and O–H groups in total. The topological polar surface area (TPSA) is 120 Å². The number of aryl methyl sites for hydroxylation is 1. The molecule has 38 heavy (non-hydrogen) atoms. The van der Waals surface area contributed by atoms with Crippen LogP contribution in [0.3, 0.4) is 0 Å². The van der Waals surface area contributed by atoms with Gasteiger partial charge in [-0.25, -0.2) is 23.1 Å². The number of aliphatic hydroxyl groups excluding tert-OH is 1. The smallest absolute Gasteiger partial charge is 0.263 e. The summed E-state index contributed by atoms with van der Waals surface area (Å²) in [7, 11) is 0. The molecule has 202 valence electrons. The van der Waals surface area contributed by atoms with Gasteiger partial charge in [-0.05, 0) is 50.3 Å². The second kappa shape index (κ2) is 10.6. The van der Waals surface area contributed by atoms with E-state index in [1.54, 1.807) is 6.92 Å². The fourth-order valence-corrected chi connectivity index (χ4v) is 4.72. The molecule has 2 aromatic heterocycles. The highest BCUT2D eigenvalue weighted by atomic mass is 19.3. The van der Waals surface area contributed by atoms with Gasteiger partial charge in [-0.3, -0.25) is 9.59 Å². The molecule has 2 atom stereocenters. The van der Waals surface area contributed by atoms with Crippen LogP contribution in [0.2, 0.25) is 0 Å². The van der Waals surface area contributed by atoms with Gasteiger partial charge >= 0.3 is 0 Å². The number of H-pyrrole nitrogens is 1. The van der Waals surface area contributed by atoms with E-state index < -0.39 is 37.1 Å². The lowest BCUT2D eigenvalue weighted by Crippen LogP contribution is -2.54. The normalized spacial score (nSPS) is 19.7. The molecule has 3 aromatic rings. The van der Waals surface area contributed by atoms with E-state index in [2.05, 4.69) is 20.3 Å². The van der Waals surface area contributed by atoms with Crippen LogP contribution in [-0.2, 0) is 4.79 Å². The van der Waals surface area contributed by atoms with Gasteiger partial charge in [-0.1, -0.05) is 0 Å². The van der Waals surface area contributed by atoms with E-state index in [4.69, 9.17) is 9.84 Å². The van der Waals surface area contributed by atoms with Gasteiger partial charge in [0.2, 0.25) is 5.91 Å². The third-order valence-corrected chi connectivity index (χ3v) is 7.03. The number of nitrogens with one attached hydrogen (secondary N) is 2. The summed E-state index contributed by atoms with van der Waals surface area (Å²) in [4.78, 5) is 37.9. The van der Waals surface area contributed by atoms with Gasteiger partial charge in [-0.2, -0.15) is 0 Å². The summed E-state index contributed by atoms with van der Waals surface area (Å²) in [5, 5.41) is 11.7. The van der Waals surface area contributed by atoms with Crippen molar-refractivity contribution in [1.82, 2.24) is 25.2 Å². The lowest BCUT2D eigenvalue weighted by atomic mass is 10.0. The van der Waals surface area contributed by atoms with Crippen molar-refractivity contribution in [3.8, 4) is 17.0 Å². The first-order valence-corrected chi connectivity index (χ1v) is 12.5. The lowest BCUT2D eigenvalue weighted by molar-refractivity contribution is -0.136. The number of rotatable bonds is 8. The molecule has 0 radical (unpaired) electrons. The molecular weight excluding hydrogens is 503 g/mol. The molecule has 2 amide bonds. The number of likely N-dealkylation sites (tertiary alicyclic amines) is 1. The second-order valence-electron chi connectivity index (χ2n) is 9.76. The third-order valence-electron chi connectivity index (χ3n) is 7.03. The van der Waals surface area contributed by atoms with E-state index in [0.29, 0.717) is 40.7 Å². The molecule has 2 fully saturated rings. The van der Waals surface area contributed by atoms with Gasteiger partial charge < -0.3 is 25.0 Å². The van der Waals surface area contributed by atoms with Crippen molar-refractivity contribution in [3.63, 3.8) is 0 Å². The number of piperidine rings is 1. The maximum atomic E-state index is 14.8. The van der Waals surface area contributed by atoms with E-state index >= 15 is 0 Å². The number of nitrogens with zero attached hydrogens (tertiary/aromatic N) is 3. The van der Waals surface area contributed by atoms with E-state index in [0.717, 1.165) is 12.8 Å². The predicted molar refractivity (Wildman–Crippen MR) is 132 cm³/mol. The number of carbonyl (C=O) groups excluding carboxylic acids is 2. The molecule has 1 saturated carbocycles. The summed E-state index contributed by atoms with van der Waals surface area (Å²) in [6.07, 6.45) is -0.647. The number of amides is 2. The quantitative estimate of drug-likeness (QED) is 0.410. The van der Waals surface area contributed by atoms with Gasteiger partial charge in [0.15, 0.2) is 0 Å². The molecule has 9 nitrogen and oxygen atoms in total. The zero-order valence-corrected chi connectivity index (χ0v) is 20.7. The molecule has 2 aliphatic rings. The zero-order valence-electron chi connectivity index (χ0n) is 20.7. The number of carbonyl (C=O) groups is 2. The molecule has 0 spiro atoms. The standard InChI is InChI=1S/C26H28F3N5O4/c1-13-21(26(37)33-18-6-7-34(9-17(18)27)20(36)10-35)23-24(32-13)22(30-12-31-23)16-8-15(25(28)29)4-5-19(16)38-11-14-2-3-14/h4-5,8,12,14,17-18,25,32,35H,2-3,6-7,9-11H2,1H3,(H,33,37)/t17-,18+/m0/s1. The van der Waals surface area contributed by atoms with E-state index in [1.807, 2.05) is 0 Å². The summed E-state index contributed by atoms with van der Waals surface area (Å²) in [5.74, 6) is -0.270. The van der Waals surface area contributed by atoms with Crippen LogP contribution in [0.15, 0.2) is 24.5 Å². The molecule has 12 heteroatoms. The van der Waals surface area contributed by atoms with Gasteiger partial charge in [0.05, 0.1) is 30.3 Å². The molecule has 0 unspecified atom stereocenters. The fraction of sp³-hybridized carbons (Fsp3) is 0.462. The first-order chi connectivity index (χ1) is 18.3. The number of aromatic nitrogens is 3. The van der Waals surface area contributed by atoms with Crippen LogP contribution in [0.25, 0.3) is 22.3 Å². The Morgan fingerprint density at radius 1 is 1.26 bits per heavy atom. The van der Waals surface area contributed by atoms with Crippen molar-refractivity contribution in [2.24, 2.45) is 5.92 Å². The lowest BCUT2D eigenvalue weighted by Gasteiger charge is -2.34. The van der Waals surface area contributed by atoms with E-state index in [1.165, 1.54) is 29.4 Å². The minimum Gasteiger partial charge on any atom is -0.493 e. The monoisotopic (exact) mass is 531 g/mol. The molecule has 1 saturated heterocycles. The third kappa shape index (κ3) is 5.17. The maximum absolute atomic E-state index is 14.8. The first-order valence-electron chi connectivity index (χ1n) is 12.5. The van der Waals surface area contributed by atoms with E-state index in [9.17, 15) is 22.8 Å². The Kier molecular flexibility index (Phi) is 7.24. The van der Waals surface area contributed by atoms with Crippen LogP contribution in [0.5, 0.6) is 5.75 Å². The summed E-state index contributed by atoms with van der Waals surface area (Å²) < 4.78 is 47.8. The summed E-state index contributed by atoms with van der Waals surface area (Å²) >= 11 is 0. The average Bonchev–Trinajstić information content (AvgIpc) is 3.67. The maximum Gasteiger partial charge on any atom is 0.263 e. The van der Waals surface area contributed by atoms with Crippen molar-refractivity contribution in [3.05, 3.63) is 41.3 Å². The Morgan fingerprint density at radius 2 is 2.05 bits per heavy atom. The number of hydrogen-bond donors (Lipinski definition) is 3. The summed E-state index contributed by atoms with van der Waals surface area (Å²) in [6, 6.07) is 3.33. The van der Waals surface area contributed by atoms with Crippen LogP contribution in [0.4, 0.5) is 13.2 Å². The molecule has 1 aliphatic carbocycles. The minimum atomic E-state index is -2.69. The molecular formula is C26H28F3N5O4. The largest absolute Gasteiger partial charge is 0.493 e. The number of aliphatic hydroxyl groups is 1. The van der Waals surface area contributed by atoms with Crippen LogP contribution in [0, 0.1) is 12.8 Å². The van der Waals surface area contributed by atoms with Crippen molar-refractivity contribution in [2.45, 2.75) is 44.8 Å². The number of hydrogen-bond acceptors (Lipinski definition) is 6. The fourth-order valence-electron chi connectivity index (χ4n) is 4.72. The molecule has 3 heterocycles. The Balaban J connectivity index is 1.45. The van der Waals surface area contributed by atoms with Crippen molar-refractivity contribution < 1.29 is 32.6 Å². The Hall–Kier alpha value is -3.67. The molecule has 5 rings (SSSR count). The van der Waals surface area contributed by atoms with Crippen LogP contribution in [0.1, 0.15) is 47.3 Å². The van der Waals surface area contributed by atoms with Gasteiger partial charge in [0.25, 0.3) is 12.3 Å². The number of fused-ring (bicyclic) bond motifs is 1. The number of alkyl halides is 3. The zero-order chi connectivity index (χ0) is 27.0. The highest BCUT2D eigenvalue weighted by Crippen LogP contribution is 2.38. The number of benzene rings is 1. The van der Waals surface area contributed by atoms with Crippen LogP contribution >= 0.6 is 0 Å². The molecule has 1 aliphatic heterocycles. The Labute approximate surface area is 216 Å². The van der Waals surface area contributed by atoms with Crippen molar-refractivity contribution >= 4 is 22.8 Å². The van der Waals surface area contributed by atoms with E-state index in [-0.39, 0.29) is 36.2 Å². The number of ether oxygens (including phenoxy) is 1.